The molecule has 0 unspecified atom stereocenters. The topological polar surface area (TPSA) is 79.3 Å². The van der Waals surface area contributed by atoms with E-state index < -0.39 is 5.97 Å². The highest BCUT2D eigenvalue weighted by molar-refractivity contribution is 8.00. The third-order valence-corrected chi connectivity index (χ3v) is 2.85. The molecule has 0 spiro atoms. The third-order valence-electron chi connectivity index (χ3n) is 1.74. The van der Waals surface area contributed by atoms with Gasteiger partial charge in [-0.3, -0.25) is 4.79 Å². The van der Waals surface area contributed by atoms with Crippen molar-refractivity contribution < 1.29 is 14.7 Å². The van der Waals surface area contributed by atoms with E-state index in [1.54, 1.807) is 0 Å². The number of aromatic nitrogens is 1. The van der Waals surface area contributed by atoms with Gasteiger partial charge in [0.2, 0.25) is 5.91 Å². The van der Waals surface area contributed by atoms with Gasteiger partial charge in [-0.1, -0.05) is 0 Å². The number of carbonyl (C=O) groups excluding carboxylic acids is 1. The van der Waals surface area contributed by atoms with Gasteiger partial charge in [0, 0.05) is 6.20 Å². The molecule has 2 heterocycles. The first-order valence-corrected chi connectivity index (χ1v) is 4.82. The zero-order valence-electron chi connectivity index (χ0n) is 6.98. The molecule has 1 aromatic heterocycles. The monoisotopic (exact) mass is 210 g/mol. The van der Waals surface area contributed by atoms with Gasteiger partial charge in [-0.2, -0.15) is 0 Å². The summed E-state index contributed by atoms with van der Waals surface area (Å²) in [5.41, 5.74) is 0.181. The van der Waals surface area contributed by atoms with Gasteiger partial charge in [0.25, 0.3) is 0 Å². The van der Waals surface area contributed by atoms with E-state index in [-0.39, 0.29) is 17.2 Å². The fraction of sp³-hybridized carbons (Fsp3) is 0.125. The average Bonchev–Trinajstić information content (AvgIpc) is 2.16. The van der Waals surface area contributed by atoms with Crippen LogP contribution in [0.2, 0.25) is 0 Å². The van der Waals surface area contributed by atoms with Crippen LogP contribution in [0.15, 0.2) is 17.2 Å². The Morgan fingerprint density at radius 1 is 1.64 bits per heavy atom. The maximum Gasteiger partial charge on any atom is 0.337 e. The standard InChI is InChI=1S/C8H6N2O3S/c11-5-3-14-6-4(8(12)13)1-2-9-7(6)10-5/h1-2H,3H2,(H,12,13)(H,9,10,11). The van der Waals surface area contributed by atoms with Crippen LogP contribution >= 0.6 is 11.8 Å². The van der Waals surface area contributed by atoms with Gasteiger partial charge in [0.15, 0.2) is 0 Å². The summed E-state index contributed by atoms with van der Waals surface area (Å²) in [4.78, 5) is 26.2. The molecular weight excluding hydrogens is 204 g/mol. The van der Waals surface area contributed by atoms with Gasteiger partial charge >= 0.3 is 5.97 Å². The zero-order chi connectivity index (χ0) is 10.1. The Kier molecular flexibility index (Phi) is 2.12. The van der Waals surface area contributed by atoms with E-state index in [4.69, 9.17) is 5.11 Å². The minimum absolute atomic E-state index is 0.155. The van der Waals surface area contributed by atoms with Gasteiger partial charge in [-0.25, -0.2) is 9.78 Å². The number of nitrogens with zero attached hydrogens (tertiary/aromatic N) is 1. The summed E-state index contributed by atoms with van der Waals surface area (Å²) in [5, 5.41) is 11.4. The van der Waals surface area contributed by atoms with E-state index in [1.807, 2.05) is 0 Å². The summed E-state index contributed by atoms with van der Waals surface area (Å²) in [6, 6.07) is 1.42. The summed E-state index contributed by atoms with van der Waals surface area (Å²) in [7, 11) is 0. The predicted molar refractivity (Wildman–Crippen MR) is 50.6 cm³/mol. The Morgan fingerprint density at radius 3 is 3.14 bits per heavy atom. The first kappa shape index (κ1) is 9.01. The summed E-state index contributed by atoms with van der Waals surface area (Å²) >= 11 is 1.20. The molecule has 0 atom stereocenters. The van der Waals surface area contributed by atoms with Gasteiger partial charge < -0.3 is 10.4 Å². The van der Waals surface area contributed by atoms with Crippen molar-refractivity contribution in [3.63, 3.8) is 0 Å². The van der Waals surface area contributed by atoms with Crippen molar-refractivity contribution in [2.75, 3.05) is 11.1 Å². The molecule has 1 amide bonds. The SMILES string of the molecule is O=C1CSc2c(C(=O)O)ccnc2N1. The lowest BCUT2D eigenvalue weighted by Gasteiger charge is -2.16. The maximum absolute atomic E-state index is 11.0. The number of carbonyl (C=O) groups is 2. The smallest absolute Gasteiger partial charge is 0.337 e. The van der Waals surface area contributed by atoms with Gasteiger partial charge in [0.1, 0.15) is 5.82 Å². The van der Waals surface area contributed by atoms with E-state index in [9.17, 15) is 9.59 Å². The second-order valence-electron chi connectivity index (χ2n) is 2.68. The van der Waals surface area contributed by atoms with E-state index >= 15 is 0 Å². The van der Waals surface area contributed by atoms with Crippen LogP contribution in [0.5, 0.6) is 0 Å². The lowest BCUT2D eigenvalue weighted by Crippen LogP contribution is -2.21. The van der Waals surface area contributed by atoms with Crippen LogP contribution in [0.25, 0.3) is 0 Å². The predicted octanol–water partition coefficient (Wildman–Crippen LogP) is 0.824. The highest BCUT2D eigenvalue weighted by atomic mass is 32.2. The molecular formula is C8H6N2O3S. The van der Waals surface area contributed by atoms with Gasteiger partial charge in [-0.05, 0) is 6.07 Å². The molecule has 0 aromatic carbocycles. The van der Waals surface area contributed by atoms with Crippen molar-refractivity contribution in [3.8, 4) is 0 Å². The van der Waals surface area contributed by atoms with E-state index in [0.29, 0.717) is 10.7 Å². The molecule has 1 aliphatic heterocycles. The number of nitrogens with one attached hydrogen (secondary N) is 1. The molecule has 0 fully saturated rings. The third kappa shape index (κ3) is 1.44. The second-order valence-corrected chi connectivity index (χ2v) is 3.66. The number of hydrogen-bond donors (Lipinski definition) is 2. The number of hydrogen-bond acceptors (Lipinski definition) is 4. The summed E-state index contributed by atoms with van der Waals surface area (Å²) in [6.07, 6.45) is 1.37. The molecule has 0 radical (unpaired) electrons. The molecule has 0 saturated carbocycles. The van der Waals surface area contributed by atoms with E-state index in [0.717, 1.165) is 0 Å². The second kappa shape index (κ2) is 3.30. The summed E-state index contributed by atoms with van der Waals surface area (Å²) in [5.74, 6) is -0.588. The van der Waals surface area contributed by atoms with Crippen LogP contribution in [0.4, 0.5) is 5.82 Å². The Hall–Kier alpha value is -1.56. The minimum atomic E-state index is -1.01. The average molecular weight is 210 g/mol. The van der Waals surface area contributed by atoms with Crippen molar-refractivity contribution >= 4 is 29.5 Å². The van der Waals surface area contributed by atoms with Crippen LogP contribution in [0.3, 0.4) is 0 Å². The van der Waals surface area contributed by atoms with Gasteiger partial charge in [-0.15, -0.1) is 11.8 Å². The molecule has 14 heavy (non-hydrogen) atoms. The van der Waals surface area contributed by atoms with Crippen molar-refractivity contribution in [1.82, 2.24) is 4.98 Å². The number of fused-ring (bicyclic) bond motifs is 1. The number of carboxylic acid groups (broad SMARTS) is 1. The largest absolute Gasteiger partial charge is 0.478 e. The Morgan fingerprint density at radius 2 is 2.43 bits per heavy atom. The molecule has 0 bridgehead atoms. The number of pyridine rings is 1. The number of aromatic carboxylic acids is 1. The molecule has 2 rings (SSSR count). The molecule has 72 valence electrons. The molecule has 0 saturated heterocycles. The number of carboxylic acids is 1. The Labute approximate surface area is 83.5 Å². The van der Waals surface area contributed by atoms with Crippen LogP contribution in [0, 0.1) is 0 Å². The molecule has 1 aromatic rings. The normalized spacial score (nSPS) is 14.4. The van der Waals surface area contributed by atoms with Crippen molar-refractivity contribution in [1.29, 1.82) is 0 Å². The molecule has 0 aliphatic carbocycles. The summed E-state index contributed by atoms with van der Waals surface area (Å²) < 4.78 is 0. The van der Waals surface area contributed by atoms with Crippen molar-refractivity contribution in [2.45, 2.75) is 4.90 Å². The van der Waals surface area contributed by atoms with Crippen LogP contribution in [-0.4, -0.2) is 27.7 Å². The summed E-state index contributed by atoms with van der Waals surface area (Å²) in [6.45, 7) is 0. The van der Waals surface area contributed by atoms with Crippen LogP contribution in [-0.2, 0) is 4.79 Å². The fourth-order valence-corrected chi connectivity index (χ4v) is 2.06. The highest BCUT2D eigenvalue weighted by Gasteiger charge is 2.22. The lowest BCUT2D eigenvalue weighted by atomic mass is 10.2. The van der Waals surface area contributed by atoms with Crippen LogP contribution in [0.1, 0.15) is 10.4 Å². The van der Waals surface area contributed by atoms with E-state index in [2.05, 4.69) is 10.3 Å². The maximum atomic E-state index is 11.0. The molecule has 5 nitrogen and oxygen atoms in total. The van der Waals surface area contributed by atoms with Crippen LogP contribution < -0.4 is 5.32 Å². The minimum Gasteiger partial charge on any atom is -0.478 e. The zero-order valence-corrected chi connectivity index (χ0v) is 7.80. The number of rotatable bonds is 1. The molecule has 6 heteroatoms. The van der Waals surface area contributed by atoms with E-state index in [1.165, 1.54) is 24.0 Å². The quantitative estimate of drug-likeness (QED) is 0.717. The Bertz CT molecular complexity index is 419. The Balaban J connectivity index is 2.52. The highest BCUT2D eigenvalue weighted by Crippen LogP contribution is 2.32. The lowest BCUT2D eigenvalue weighted by molar-refractivity contribution is -0.113. The number of thioether (sulfide) groups is 1. The number of anilines is 1. The molecule has 2 N–H and O–H groups in total. The molecule has 1 aliphatic rings. The first-order chi connectivity index (χ1) is 6.68. The number of amides is 1. The fourth-order valence-electron chi connectivity index (χ4n) is 1.16. The van der Waals surface area contributed by atoms with Crippen molar-refractivity contribution in [2.24, 2.45) is 0 Å². The van der Waals surface area contributed by atoms with Crippen molar-refractivity contribution in [3.05, 3.63) is 17.8 Å². The first-order valence-electron chi connectivity index (χ1n) is 3.83. The van der Waals surface area contributed by atoms with Gasteiger partial charge in [0.05, 0.1) is 16.2 Å².